The van der Waals surface area contributed by atoms with Crippen LogP contribution < -0.4 is 11.1 Å². The topological polar surface area (TPSA) is 55.1 Å². The van der Waals surface area contributed by atoms with Gasteiger partial charge in [-0.3, -0.25) is 4.79 Å². The lowest BCUT2D eigenvalue weighted by Gasteiger charge is -2.19. The predicted molar refractivity (Wildman–Crippen MR) is 79.9 cm³/mol. The molecular weight excluding hydrogens is 301 g/mol. The van der Waals surface area contributed by atoms with Crippen molar-refractivity contribution in [3.05, 3.63) is 29.3 Å². The molecule has 0 aliphatic heterocycles. The number of nitrogens with one attached hydrogen (secondary N) is 1. The molecule has 0 aliphatic rings. The van der Waals surface area contributed by atoms with Crippen LogP contribution in [0.5, 0.6) is 0 Å². The molecule has 0 radical (unpaired) electrons. The first-order valence-electron chi connectivity index (χ1n) is 6.32. The molecule has 0 bridgehead atoms. The Morgan fingerprint density at radius 3 is 2.33 bits per heavy atom. The highest BCUT2D eigenvalue weighted by Crippen LogP contribution is 2.33. The van der Waals surface area contributed by atoms with Crippen LogP contribution in [0.3, 0.4) is 0 Å². The molecule has 0 saturated heterocycles. The summed E-state index contributed by atoms with van der Waals surface area (Å²) in [6.07, 6.45) is -4.47. The van der Waals surface area contributed by atoms with E-state index in [-0.39, 0.29) is 22.2 Å². The third kappa shape index (κ3) is 4.42. The number of hydrogen-bond acceptors (Lipinski definition) is 2. The van der Waals surface area contributed by atoms with Crippen LogP contribution in [0.1, 0.15) is 25.0 Å². The molecule has 1 rings (SSSR count). The van der Waals surface area contributed by atoms with Crippen LogP contribution in [-0.2, 0) is 11.0 Å². The molecule has 21 heavy (non-hydrogen) atoms. The molecule has 116 valence electrons. The van der Waals surface area contributed by atoms with Gasteiger partial charge in [0.15, 0.2) is 0 Å². The number of hydrogen-bond donors (Lipinski definition) is 2. The Morgan fingerprint density at radius 1 is 1.33 bits per heavy atom. The zero-order valence-electron chi connectivity index (χ0n) is 11.9. The molecule has 1 atom stereocenters. The summed E-state index contributed by atoms with van der Waals surface area (Å²) < 4.78 is 38.5. The highest BCUT2D eigenvalue weighted by molar-refractivity contribution is 7.80. The average molecular weight is 318 g/mol. The van der Waals surface area contributed by atoms with Gasteiger partial charge in [0.25, 0.3) is 0 Å². The lowest BCUT2D eigenvalue weighted by Crippen LogP contribution is -2.36. The molecule has 7 heteroatoms. The fourth-order valence-corrected chi connectivity index (χ4v) is 2.36. The van der Waals surface area contributed by atoms with Gasteiger partial charge in [0.05, 0.1) is 16.5 Å². The second-order valence-electron chi connectivity index (χ2n) is 5.14. The Hall–Kier alpha value is -1.63. The van der Waals surface area contributed by atoms with Gasteiger partial charge in [0.1, 0.15) is 0 Å². The van der Waals surface area contributed by atoms with Crippen LogP contribution in [0, 0.1) is 18.8 Å². The van der Waals surface area contributed by atoms with Gasteiger partial charge in [-0.1, -0.05) is 32.1 Å². The molecule has 1 aromatic carbocycles. The summed E-state index contributed by atoms with van der Waals surface area (Å²) in [4.78, 5) is 12.1. The molecule has 1 amide bonds. The first kappa shape index (κ1) is 17.4. The first-order chi connectivity index (χ1) is 9.54. The summed E-state index contributed by atoms with van der Waals surface area (Å²) >= 11 is 4.83. The van der Waals surface area contributed by atoms with E-state index in [2.05, 4.69) is 5.32 Å². The number of rotatable bonds is 4. The predicted octanol–water partition coefficient (Wildman–Crippen LogP) is 3.51. The van der Waals surface area contributed by atoms with Crippen molar-refractivity contribution in [3.8, 4) is 0 Å². The Kier molecular flexibility index (Phi) is 5.33. The van der Waals surface area contributed by atoms with Crippen molar-refractivity contribution in [2.45, 2.75) is 26.9 Å². The fourth-order valence-electron chi connectivity index (χ4n) is 1.99. The number of alkyl halides is 3. The van der Waals surface area contributed by atoms with Crippen molar-refractivity contribution >= 4 is 28.8 Å². The van der Waals surface area contributed by atoms with Crippen molar-refractivity contribution in [1.82, 2.24) is 0 Å². The molecule has 0 saturated carbocycles. The highest BCUT2D eigenvalue weighted by atomic mass is 32.1. The molecule has 3 nitrogen and oxygen atoms in total. The quantitative estimate of drug-likeness (QED) is 0.835. The molecule has 1 aromatic rings. The van der Waals surface area contributed by atoms with Gasteiger partial charge < -0.3 is 11.1 Å². The number of amides is 1. The van der Waals surface area contributed by atoms with E-state index in [9.17, 15) is 18.0 Å². The summed E-state index contributed by atoms with van der Waals surface area (Å²) in [5.74, 6) is -1.37. The summed E-state index contributed by atoms with van der Waals surface area (Å²) in [5.41, 5.74) is 4.89. The van der Waals surface area contributed by atoms with E-state index < -0.39 is 23.6 Å². The van der Waals surface area contributed by atoms with Crippen LogP contribution in [0.4, 0.5) is 18.9 Å². The normalized spacial score (nSPS) is 13.1. The zero-order chi connectivity index (χ0) is 16.4. The Labute approximate surface area is 126 Å². The van der Waals surface area contributed by atoms with Crippen molar-refractivity contribution in [3.63, 3.8) is 0 Å². The first-order valence-corrected chi connectivity index (χ1v) is 6.73. The van der Waals surface area contributed by atoms with Gasteiger partial charge >= 0.3 is 6.18 Å². The largest absolute Gasteiger partial charge is 0.416 e. The van der Waals surface area contributed by atoms with Crippen molar-refractivity contribution in [2.24, 2.45) is 17.6 Å². The monoisotopic (exact) mass is 318 g/mol. The third-order valence-corrected chi connectivity index (χ3v) is 3.32. The number of carbonyl (C=O) groups is 1. The van der Waals surface area contributed by atoms with Gasteiger partial charge in [-0.05, 0) is 30.5 Å². The maximum Gasteiger partial charge on any atom is 0.416 e. The second kappa shape index (κ2) is 6.43. The van der Waals surface area contributed by atoms with Crippen LogP contribution in [0.25, 0.3) is 0 Å². The molecule has 0 fully saturated rings. The van der Waals surface area contributed by atoms with E-state index in [1.165, 1.54) is 19.1 Å². The summed E-state index contributed by atoms with van der Waals surface area (Å²) in [6, 6.07) is 3.63. The lowest BCUT2D eigenvalue weighted by molar-refractivity contribution is -0.138. The number of halogens is 3. The number of carbonyl (C=O) groups excluding carboxylic acids is 1. The van der Waals surface area contributed by atoms with Gasteiger partial charge in [-0.15, -0.1) is 0 Å². The number of thiocarbonyl (C=S) groups is 1. The molecule has 0 aliphatic carbocycles. The fraction of sp³-hybridized carbons (Fsp3) is 0.429. The zero-order valence-corrected chi connectivity index (χ0v) is 12.7. The third-order valence-electron chi connectivity index (χ3n) is 3.07. The minimum Gasteiger partial charge on any atom is -0.393 e. The average Bonchev–Trinajstić information content (AvgIpc) is 2.29. The molecular formula is C14H17F3N2OS. The smallest absolute Gasteiger partial charge is 0.393 e. The van der Waals surface area contributed by atoms with Gasteiger partial charge in [0.2, 0.25) is 5.91 Å². The van der Waals surface area contributed by atoms with Gasteiger partial charge in [-0.2, -0.15) is 13.2 Å². The van der Waals surface area contributed by atoms with E-state index in [0.29, 0.717) is 0 Å². The Balaban J connectivity index is 3.04. The maximum absolute atomic E-state index is 12.8. The minimum atomic E-state index is -4.47. The molecule has 0 heterocycles. The second-order valence-corrected chi connectivity index (χ2v) is 5.61. The van der Waals surface area contributed by atoms with E-state index in [4.69, 9.17) is 18.0 Å². The number of anilines is 1. The van der Waals surface area contributed by atoms with E-state index in [0.717, 1.165) is 6.07 Å². The lowest BCUT2D eigenvalue weighted by atomic mass is 9.95. The Bertz CT molecular complexity index is 556. The number of aryl methyl sites for hydroxylation is 1. The van der Waals surface area contributed by atoms with Gasteiger partial charge in [0, 0.05) is 5.69 Å². The molecule has 3 N–H and O–H groups in total. The number of nitrogens with two attached hydrogens (primary N) is 1. The highest BCUT2D eigenvalue weighted by Gasteiger charge is 2.33. The summed E-state index contributed by atoms with van der Waals surface area (Å²) in [5, 5.41) is 2.44. The molecule has 1 unspecified atom stereocenters. The van der Waals surface area contributed by atoms with Crippen LogP contribution >= 0.6 is 12.2 Å². The van der Waals surface area contributed by atoms with Crippen molar-refractivity contribution in [2.75, 3.05) is 5.32 Å². The summed E-state index contributed by atoms with van der Waals surface area (Å²) in [7, 11) is 0. The molecule has 0 spiro atoms. The van der Waals surface area contributed by atoms with Crippen molar-refractivity contribution in [1.29, 1.82) is 0 Å². The Morgan fingerprint density at radius 2 is 1.90 bits per heavy atom. The van der Waals surface area contributed by atoms with E-state index >= 15 is 0 Å². The standard InChI is InChI=1S/C14H17F3N2OS/c1-7(2)11(12(18)21)13(20)19-9-5-4-8(3)10(6-9)14(15,16)17/h4-7,11H,1-3H3,(H2,18,21)(H,19,20). The van der Waals surface area contributed by atoms with Crippen LogP contribution in [0.15, 0.2) is 18.2 Å². The van der Waals surface area contributed by atoms with Crippen LogP contribution in [0.2, 0.25) is 0 Å². The summed E-state index contributed by atoms with van der Waals surface area (Å²) in [6.45, 7) is 4.89. The minimum absolute atomic E-state index is 0.0191. The van der Waals surface area contributed by atoms with Crippen LogP contribution in [-0.4, -0.2) is 10.9 Å². The van der Waals surface area contributed by atoms with Gasteiger partial charge in [-0.25, -0.2) is 0 Å². The van der Waals surface area contributed by atoms with E-state index in [1.54, 1.807) is 13.8 Å². The number of benzene rings is 1. The van der Waals surface area contributed by atoms with E-state index in [1.807, 2.05) is 0 Å². The maximum atomic E-state index is 12.8. The van der Waals surface area contributed by atoms with Crippen molar-refractivity contribution < 1.29 is 18.0 Å². The molecule has 0 aromatic heterocycles. The SMILES string of the molecule is Cc1ccc(NC(=O)C(C(N)=S)C(C)C)cc1C(F)(F)F.